The van der Waals surface area contributed by atoms with Gasteiger partial charge in [-0.2, -0.15) is 0 Å². The number of halogens is 2. The van der Waals surface area contributed by atoms with Crippen molar-refractivity contribution < 1.29 is 13.3 Å². The minimum Gasteiger partial charge on any atom is -0.367 e. The second kappa shape index (κ2) is 5.38. The maximum absolute atomic E-state index is 13.3. The molecule has 0 bridgehead atoms. The van der Waals surface area contributed by atoms with E-state index in [0.717, 1.165) is 12.5 Å². The van der Waals surface area contributed by atoms with Crippen molar-refractivity contribution in [1.82, 2.24) is 5.16 Å². The fourth-order valence-electron chi connectivity index (χ4n) is 1.96. The number of benzene rings is 1. The lowest BCUT2D eigenvalue weighted by Gasteiger charge is -2.07. The molecule has 1 aromatic heterocycles. The molecule has 0 spiro atoms. The number of aromatic nitrogens is 1. The van der Waals surface area contributed by atoms with E-state index in [1.165, 1.54) is 12.1 Å². The highest BCUT2D eigenvalue weighted by Gasteiger charge is 2.18. The highest BCUT2D eigenvalue weighted by atomic mass is 19.1. The topological polar surface area (TPSA) is 52.0 Å². The molecule has 0 amide bonds. The summed E-state index contributed by atoms with van der Waals surface area (Å²) in [7, 11) is 0. The Morgan fingerprint density at radius 3 is 2.47 bits per heavy atom. The zero-order valence-corrected chi connectivity index (χ0v) is 10.9. The van der Waals surface area contributed by atoms with Crippen molar-refractivity contribution in [3.05, 3.63) is 35.5 Å². The molecule has 0 radical (unpaired) electrons. The molecule has 3 nitrogen and oxygen atoms in total. The minimum absolute atomic E-state index is 0.0864. The van der Waals surface area contributed by atoms with Crippen LogP contribution in [0.4, 0.5) is 14.7 Å². The molecule has 0 saturated carbocycles. The Kier molecular flexibility index (Phi) is 3.83. The van der Waals surface area contributed by atoms with E-state index < -0.39 is 11.6 Å². The first kappa shape index (κ1) is 13.5. The van der Waals surface area contributed by atoms with Crippen LogP contribution in [0.15, 0.2) is 22.7 Å². The standard InChI is InChI=1S/C14H16F2N2O/c1-3-8(2)4-12-13(14(17)19-18-12)9-5-10(15)7-11(16)6-9/h5-8H,3-4,17H2,1-2H3. The van der Waals surface area contributed by atoms with Crippen LogP contribution in [0.25, 0.3) is 11.1 Å². The zero-order valence-electron chi connectivity index (χ0n) is 10.9. The number of hydrogen-bond acceptors (Lipinski definition) is 3. The molecule has 1 heterocycles. The van der Waals surface area contributed by atoms with Gasteiger partial charge in [-0.15, -0.1) is 0 Å². The van der Waals surface area contributed by atoms with E-state index in [4.69, 9.17) is 10.3 Å². The number of nitrogens with zero attached hydrogens (tertiary/aromatic N) is 1. The average molecular weight is 266 g/mol. The molecule has 0 fully saturated rings. The summed E-state index contributed by atoms with van der Waals surface area (Å²) in [6, 6.07) is 3.28. The number of hydrogen-bond donors (Lipinski definition) is 1. The quantitative estimate of drug-likeness (QED) is 0.916. The molecule has 1 aromatic carbocycles. The summed E-state index contributed by atoms with van der Waals surface area (Å²) in [6.07, 6.45) is 1.63. The second-order valence-electron chi connectivity index (χ2n) is 4.74. The lowest BCUT2D eigenvalue weighted by atomic mass is 9.97. The fourth-order valence-corrected chi connectivity index (χ4v) is 1.96. The highest BCUT2D eigenvalue weighted by Crippen LogP contribution is 2.32. The van der Waals surface area contributed by atoms with Gasteiger partial charge in [0.05, 0.1) is 11.3 Å². The summed E-state index contributed by atoms with van der Waals surface area (Å²) in [4.78, 5) is 0. The van der Waals surface area contributed by atoms with Crippen LogP contribution in [-0.2, 0) is 6.42 Å². The van der Waals surface area contributed by atoms with Crippen LogP contribution < -0.4 is 5.73 Å². The van der Waals surface area contributed by atoms with Crippen molar-refractivity contribution in [2.75, 3.05) is 5.73 Å². The van der Waals surface area contributed by atoms with E-state index in [1.807, 2.05) is 0 Å². The van der Waals surface area contributed by atoms with Crippen LogP contribution in [0, 0.1) is 17.6 Å². The lowest BCUT2D eigenvalue weighted by Crippen LogP contribution is -2.00. The molecule has 1 atom stereocenters. The first-order valence-electron chi connectivity index (χ1n) is 6.21. The van der Waals surface area contributed by atoms with Crippen LogP contribution in [-0.4, -0.2) is 5.16 Å². The van der Waals surface area contributed by atoms with Gasteiger partial charge in [0.25, 0.3) is 0 Å². The maximum atomic E-state index is 13.3. The van der Waals surface area contributed by atoms with Crippen molar-refractivity contribution in [3.63, 3.8) is 0 Å². The van der Waals surface area contributed by atoms with Gasteiger partial charge in [-0.1, -0.05) is 25.4 Å². The van der Waals surface area contributed by atoms with E-state index in [2.05, 4.69) is 19.0 Å². The van der Waals surface area contributed by atoms with E-state index in [-0.39, 0.29) is 5.88 Å². The van der Waals surface area contributed by atoms with Gasteiger partial charge < -0.3 is 10.3 Å². The van der Waals surface area contributed by atoms with Gasteiger partial charge >= 0.3 is 0 Å². The van der Waals surface area contributed by atoms with Gasteiger partial charge in [-0.05, 0) is 30.0 Å². The van der Waals surface area contributed by atoms with Gasteiger partial charge in [0, 0.05) is 6.07 Å². The summed E-state index contributed by atoms with van der Waals surface area (Å²) in [5.41, 5.74) is 7.19. The molecule has 1 unspecified atom stereocenters. The van der Waals surface area contributed by atoms with E-state index in [1.54, 1.807) is 0 Å². The van der Waals surface area contributed by atoms with Gasteiger partial charge in [0.1, 0.15) is 11.6 Å². The van der Waals surface area contributed by atoms with Crippen LogP contribution in [0.5, 0.6) is 0 Å². The van der Waals surface area contributed by atoms with E-state index >= 15 is 0 Å². The second-order valence-corrected chi connectivity index (χ2v) is 4.74. The average Bonchev–Trinajstić information content (AvgIpc) is 2.69. The summed E-state index contributed by atoms with van der Waals surface area (Å²) in [6.45, 7) is 4.14. The van der Waals surface area contributed by atoms with Crippen LogP contribution >= 0.6 is 0 Å². The van der Waals surface area contributed by atoms with Crippen molar-refractivity contribution in [2.45, 2.75) is 26.7 Å². The van der Waals surface area contributed by atoms with Gasteiger partial charge in [-0.25, -0.2) is 8.78 Å². The molecule has 0 aliphatic carbocycles. The Balaban J connectivity index is 2.46. The Morgan fingerprint density at radius 1 is 1.26 bits per heavy atom. The van der Waals surface area contributed by atoms with E-state index in [9.17, 15) is 8.78 Å². The molecular formula is C14H16F2N2O. The Hall–Kier alpha value is -1.91. The number of nitrogen functional groups attached to an aromatic ring is 1. The summed E-state index contributed by atoms with van der Waals surface area (Å²) >= 11 is 0. The fraction of sp³-hybridized carbons (Fsp3) is 0.357. The molecule has 102 valence electrons. The summed E-state index contributed by atoms with van der Waals surface area (Å²) < 4.78 is 31.5. The Labute approximate surface area is 110 Å². The zero-order chi connectivity index (χ0) is 14.0. The van der Waals surface area contributed by atoms with Crippen molar-refractivity contribution in [3.8, 4) is 11.1 Å². The molecule has 0 saturated heterocycles. The Bertz CT molecular complexity index is 561. The van der Waals surface area contributed by atoms with Crippen molar-refractivity contribution in [2.24, 2.45) is 5.92 Å². The van der Waals surface area contributed by atoms with Gasteiger partial charge in [0.15, 0.2) is 0 Å². The molecule has 0 aliphatic heterocycles. The minimum atomic E-state index is -0.648. The third kappa shape index (κ3) is 2.92. The molecular weight excluding hydrogens is 250 g/mol. The molecule has 2 N–H and O–H groups in total. The smallest absolute Gasteiger partial charge is 0.230 e. The summed E-state index contributed by atoms with van der Waals surface area (Å²) in [5, 5.41) is 3.89. The first-order valence-corrected chi connectivity index (χ1v) is 6.21. The van der Waals surface area contributed by atoms with Crippen molar-refractivity contribution in [1.29, 1.82) is 0 Å². The monoisotopic (exact) mass is 266 g/mol. The molecule has 2 rings (SSSR count). The number of nitrogens with two attached hydrogens (primary N) is 1. The Morgan fingerprint density at radius 2 is 1.89 bits per heavy atom. The predicted octanol–water partition coefficient (Wildman–Crippen LogP) is 3.79. The van der Waals surface area contributed by atoms with Gasteiger partial charge in [-0.3, -0.25) is 0 Å². The third-order valence-corrected chi connectivity index (χ3v) is 3.18. The maximum Gasteiger partial charge on any atom is 0.230 e. The third-order valence-electron chi connectivity index (χ3n) is 3.18. The number of anilines is 1. The summed E-state index contributed by atoms with van der Waals surface area (Å²) in [5.74, 6) is -0.819. The first-order chi connectivity index (χ1) is 9.01. The molecule has 5 heteroatoms. The predicted molar refractivity (Wildman–Crippen MR) is 69.4 cm³/mol. The molecule has 19 heavy (non-hydrogen) atoms. The number of rotatable bonds is 4. The van der Waals surface area contributed by atoms with Crippen LogP contribution in [0.3, 0.4) is 0 Å². The molecule has 0 aliphatic rings. The van der Waals surface area contributed by atoms with Gasteiger partial charge in [0.2, 0.25) is 5.88 Å². The van der Waals surface area contributed by atoms with Crippen LogP contribution in [0.1, 0.15) is 26.0 Å². The van der Waals surface area contributed by atoms with Crippen molar-refractivity contribution >= 4 is 5.88 Å². The SMILES string of the molecule is CCC(C)Cc1noc(N)c1-c1cc(F)cc(F)c1. The highest BCUT2D eigenvalue weighted by molar-refractivity contribution is 5.75. The van der Waals surface area contributed by atoms with Crippen LogP contribution in [0.2, 0.25) is 0 Å². The lowest BCUT2D eigenvalue weighted by molar-refractivity contribution is 0.418. The normalized spacial score (nSPS) is 12.6. The largest absolute Gasteiger partial charge is 0.367 e. The molecule has 2 aromatic rings. The van der Waals surface area contributed by atoms with E-state index in [0.29, 0.717) is 29.2 Å².